The van der Waals surface area contributed by atoms with Gasteiger partial charge in [0.1, 0.15) is 0 Å². The number of sulfonamides is 1. The number of amides is 1. The maximum absolute atomic E-state index is 12.3. The van der Waals surface area contributed by atoms with Gasteiger partial charge < -0.3 is 5.32 Å². The van der Waals surface area contributed by atoms with Crippen LogP contribution < -0.4 is 5.32 Å². The second-order valence-electron chi connectivity index (χ2n) is 6.35. The van der Waals surface area contributed by atoms with Crippen molar-refractivity contribution in [2.24, 2.45) is 5.92 Å². The van der Waals surface area contributed by atoms with Gasteiger partial charge in [-0.1, -0.05) is 37.3 Å². The molecule has 128 valence electrons. The fourth-order valence-electron chi connectivity index (χ4n) is 2.96. The minimum Gasteiger partial charge on any atom is -0.356 e. The quantitative estimate of drug-likeness (QED) is 0.862. The second-order valence-corrected chi connectivity index (χ2v) is 8.33. The first-order valence-electron chi connectivity index (χ1n) is 8.15. The molecule has 1 heterocycles. The fourth-order valence-corrected chi connectivity index (χ4v) is 3.87. The van der Waals surface area contributed by atoms with Gasteiger partial charge in [-0.3, -0.25) is 4.79 Å². The molecule has 1 aliphatic rings. The van der Waals surface area contributed by atoms with Gasteiger partial charge in [0.25, 0.3) is 0 Å². The van der Waals surface area contributed by atoms with Crippen molar-refractivity contribution >= 4 is 15.9 Å². The minimum atomic E-state index is -3.21. The largest absolute Gasteiger partial charge is 0.356 e. The molecular weight excluding hydrogens is 312 g/mol. The number of rotatable bonds is 6. The second kappa shape index (κ2) is 7.93. The fraction of sp³-hybridized carbons (Fsp3) is 0.588. The van der Waals surface area contributed by atoms with Crippen LogP contribution >= 0.6 is 0 Å². The lowest BCUT2D eigenvalue weighted by molar-refractivity contribution is -0.126. The average molecular weight is 338 g/mol. The number of nitrogens with one attached hydrogen (secondary N) is 1. The predicted molar refractivity (Wildman–Crippen MR) is 91.6 cm³/mol. The summed E-state index contributed by atoms with van der Waals surface area (Å²) >= 11 is 0. The number of benzene rings is 1. The number of carbonyl (C=O) groups is 1. The molecule has 0 spiro atoms. The first kappa shape index (κ1) is 17.9. The summed E-state index contributed by atoms with van der Waals surface area (Å²) in [5.74, 6) is 0.125. The van der Waals surface area contributed by atoms with E-state index in [0.717, 1.165) is 19.3 Å². The van der Waals surface area contributed by atoms with E-state index < -0.39 is 10.0 Å². The molecule has 23 heavy (non-hydrogen) atoms. The van der Waals surface area contributed by atoms with Crippen LogP contribution in [0.1, 0.15) is 37.7 Å². The zero-order valence-electron chi connectivity index (χ0n) is 13.9. The van der Waals surface area contributed by atoms with Gasteiger partial charge >= 0.3 is 0 Å². The smallest absolute Gasteiger partial charge is 0.224 e. The number of hydrogen-bond acceptors (Lipinski definition) is 3. The van der Waals surface area contributed by atoms with E-state index in [0.29, 0.717) is 25.6 Å². The van der Waals surface area contributed by atoms with Crippen LogP contribution in [0.25, 0.3) is 0 Å². The monoisotopic (exact) mass is 338 g/mol. The first-order chi connectivity index (χ1) is 10.9. The summed E-state index contributed by atoms with van der Waals surface area (Å²) in [6.45, 7) is 3.59. The Bertz CT molecular complexity index is 616. The summed E-state index contributed by atoms with van der Waals surface area (Å²) in [6, 6.07) is 10.2. The summed E-state index contributed by atoms with van der Waals surface area (Å²) in [4.78, 5) is 12.3. The number of carbonyl (C=O) groups excluding carboxylic acids is 1. The van der Waals surface area contributed by atoms with Crippen molar-refractivity contribution in [2.45, 2.75) is 32.1 Å². The molecule has 1 N–H and O–H groups in total. The van der Waals surface area contributed by atoms with Crippen LogP contribution in [-0.4, -0.2) is 44.5 Å². The summed E-state index contributed by atoms with van der Waals surface area (Å²) in [6.07, 6.45) is 3.57. The van der Waals surface area contributed by atoms with Crippen molar-refractivity contribution in [1.29, 1.82) is 0 Å². The highest BCUT2D eigenvalue weighted by atomic mass is 32.2. The zero-order valence-corrected chi connectivity index (χ0v) is 14.7. The van der Waals surface area contributed by atoms with E-state index in [2.05, 4.69) is 24.4 Å². The van der Waals surface area contributed by atoms with E-state index in [1.807, 2.05) is 18.2 Å². The Hall–Kier alpha value is -1.40. The third kappa shape index (κ3) is 5.32. The standard InChI is InChI=1S/C17H26N2O3S/c1-14(15-7-4-3-5-8-15)10-11-18-17(20)16-9-6-12-19(13-16)23(2,21)22/h3-5,7-8,14,16H,6,9-13H2,1-2H3,(H,18,20)/t14-,16+/m0/s1. The Labute approximate surface area is 139 Å². The first-order valence-corrected chi connectivity index (χ1v) is 10.0. The van der Waals surface area contributed by atoms with E-state index in [1.165, 1.54) is 16.1 Å². The SMILES string of the molecule is C[C@@H](CCNC(=O)[C@@H]1CCCN(S(C)(=O)=O)C1)c1ccccc1. The number of nitrogens with zero attached hydrogens (tertiary/aromatic N) is 1. The lowest BCUT2D eigenvalue weighted by Gasteiger charge is -2.30. The Morgan fingerprint density at radius 3 is 2.70 bits per heavy atom. The lowest BCUT2D eigenvalue weighted by atomic mass is 9.97. The van der Waals surface area contributed by atoms with Crippen molar-refractivity contribution in [3.05, 3.63) is 35.9 Å². The lowest BCUT2D eigenvalue weighted by Crippen LogP contribution is -2.45. The molecule has 1 amide bonds. The zero-order chi connectivity index (χ0) is 16.9. The van der Waals surface area contributed by atoms with Crippen LogP contribution in [-0.2, 0) is 14.8 Å². The molecule has 1 aliphatic heterocycles. The van der Waals surface area contributed by atoms with Gasteiger partial charge in [-0.15, -0.1) is 0 Å². The van der Waals surface area contributed by atoms with Gasteiger partial charge in [-0.25, -0.2) is 12.7 Å². The van der Waals surface area contributed by atoms with E-state index in [1.54, 1.807) is 0 Å². The van der Waals surface area contributed by atoms with Crippen molar-refractivity contribution in [1.82, 2.24) is 9.62 Å². The Morgan fingerprint density at radius 2 is 2.04 bits per heavy atom. The average Bonchev–Trinajstić information content (AvgIpc) is 2.54. The highest BCUT2D eigenvalue weighted by Crippen LogP contribution is 2.20. The summed E-state index contributed by atoms with van der Waals surface area (Å²) in [5.41, 5.74) is 1.27. The van der Waals surface area contributed by atoms with Gasteiger partial charge in [0, 0.05) is 19.6 Å². The van der Waals surface area contributed by atoms with Crippen molar-refractivity contribution in [3.8, 4) is 0 Å². The molecule has 0 aliphatic carbocycles. The maximum Gasteiger partial charge on any atom is 0.224 e. The summed E-state index contributed by atoms with van der Waals surface area (Å²) < 4.78 is 24.6. The molecule has 0 bridgehead atoms. The highest BCUT2D eigenvalue weighted by Gasteiger charge is 2.29. The number of piperidine rings is 1. The van der Waals surface area contributed by atoms with E-state index in [4.69, 9.17) is 0 Å². The van der Waals surface area contributed by atoms with Crippen LogP contribution in [0.4, 0.5) is 0 Å². The van der Waals surface area contributed by atoms with Gasteiger partial charge in [-0.2, -0.15) is 0 Å². The Kier molecular flexibility index (Phi) is 6.18. The topological polar surface area (TPSA) is 66.5 Å². The third-order valence-electron chi connectivity index (χ3n) is 4.47. The van der Waals surface area contributed by atoms with Crippen molar-refractivity contribution in [3.63, 3.8) is 0 Å². The molecule has 0 unspecified atom stereocenters. The van der Waals surface area contributed by atoms with E-state index in [9.17, 15) is 13.2 Å². The molecule has 2 rings (SSSR count). The Morgan fingerprint density at radius 1 is 1.35 bits per heavy atom. The van der Waals surface area contributed by atoms with Crippen LogP contribution in [0.2, 0.25) is 0 Å². The summed E-state index contributed by atoms with van der Waals surface area (Å²) in [5, 5.41) is 2.96. The van der Waals surface area contributed by atoms with Gasteiger partial charge in [0.2, 0.25) is 15.9 Å². The van der Waals surface area contributed by atoms with Crippen molar-refractivity contribution < 1.29 is 13.2 Å². The predicted octanol–water partition coefficient (Wildman–Crippen LogP) is 1.97. The van der Waals surface area contributed by atoms with Crippen LogP contribution in [0.15, 0.2) is 30.3 Å². The van der Waals surface area contributed by atoms with E-state index >= 15 is 0 Å². The molecule has 2 atom stereocenters. The molecule has 0 radical (unpaired) electrons. The molecule has 0 saturated carbocycles. The molecule has 0 aromatic heterocycles. The molecule has 5 nitrogen and oxygen atoms in total. The minimum absolute atomic E-state index is 0.0291. The van der Waals surface area contributed by atoms with Crippen LogP contribution in [0.3, 0.4) is 0 Å². The highest BCUT2D eigenvalue weighted by molar-refractivity contribution is 7.88. The maximum atomic E-state index is 12.3. The van der Waals surface area contributed by atoms with Crippen LogP contribution in [0, 0.1) is 5.92 Å². The van der Waals surface area contributed by atoms with Gasteiger partial charge in [0.05, 0.1) is 12.2 Å². The molecule has 6 heteroatoms. The number of hydrogen-bond donors (Lipinski definition) is 1. The van der Waals surface area contributed by atoms with E-state index in [-0.39, 0.29) is 11.8 Å². The van der Waals surface area contributed by atoms with Crippen molar-refractivity contribution in [2.75, 3.05) is 25.9 Å². The molecule has 1 saturated heterocycles. The normalized spacial score (nSPS) is 20.9. The molecule has 1 fully saturated rings. The van der Waals surface area contributed by atoms with Gasteiger partial charge in [0.15, 0.2) is 0 Å². The molecule has 1 aromatic carbocycles. The summed E-state index contributed by atoms with van der Waals surface area (Å²) in [7, 11) is -3.21. The third-order valence-corrected chi connectivity index (χ3v) is 5.74. The van der Waals surface area contributed by atoms with Gasteiger partial charge in [-0.05, 0) is 30.7 Å². The molecular formula is C17H26N2O3S. The molecule has 1 aromatic rings. The van der Waals surface area contributed by atoms with Crippen LogP contribution in [0.5, 0.6) is 0 Å². The Balaban J connectivity index is 1.78.